The van der Waals surface area contributed by atoms with Crippen molar-refractivity contribution in [3.63, 3.8) is 0 Å². The van der Waals surface area contributed by atoms with Crippen LogP contribution in [0.1, 0.15) is 20.8 Å². The third-order valence-corrected chi connectivity index (χ3v) is 3.96. The lowest BCUT2D eigenvalue weighted by molar-refractivity contribution is 0.382. The Labute approximate surface area is 110 Å². The number of hydrogen-bond donors (Lipinski definition) is 2. The fourth-order valence-corrected chi connectivity index (χ4v) is 1.79. The first-order valence-electron chi connectivity index (χ1n) is 5.52. The van der Waals surface area contributed by atoms with Gasteiger partial charge in [-0.25, -0.2) is 4.68 Å². The highest BCUT2D eigenvalue weighted by Crippen LogP contribution is 2.25. The summed E-state index contributed by atoms with van der Waals surface area (Å²) < 4.78 is 1.76. The summed E-state index contributed by atoms with van der Waals surface area (Å²) in [7, 11) is 1.61. The van der Waals surface area contributed by atoms with E-state index >= 15 is 0 Å². The normalized spacial score (nSPS) is 14.8. The summed E-state index contributed by atoms with van der Waals surface area (Å²) >= 11 is 3.29. The van der Waals surface area contributed by atoms with Crippen molar-refractivity contribution in [1.29, 1.82) is 0 Å². The standard InChI is InChI=1S/C11H19BrN4O/c1-7(2)11(3,6-13)15-8-5-14-16(4)10(17)9(8)12/h5,7,15H,6,13H2,1-4H3. The minimum absolute atomic E-state index is 0.168. The third kappa shape index (κ3) is 2.87. The number of anilines is 1. The van der Waals surface area contributed by atoms with Crippen LogP contribution < -0.4 is 16.6 Å². The Hall–Kier alpha value is -0.880. The molecule has 6 heteroatoms. The third-order valence-electron chi connectivity index (χ3n) is 3.20. The molecule has 1 unspecified atom stereocenters. The molecule has 0 aliphatic carbocycles. The molecule has 1 aromatic heterocycles. The molecule has 0 aliphatic heterocycles. The molecule has 0 fully saturated rings. The lowest BCUT2D eigenvalue weighted by Gasteiger charge is -2.34. The van der Waals surface area contributed by atoms with E-state index in [1.807, 2.05) is 6.92 Å². The van der Waals surface area contributed by atoms with Gasteiger partial charge < -0.3 is 11.1 Å². The van der Waals surface area contributed by atoms with Gasteiger partial charge in [0.15, 0.2) is 0 Å². The van der Waals surface area contributed by atoms with Crippen molar-refractivity contribution in [3.05, 3.63) is 21.0 Å². The van der Waals surface area contributed by atoms with Crippen molar-refractivity contribution >= 4 is 21.6 Å². The van der Waals surface area contributed by atoms with E-state index in [1.165, 1.54) is 4.68 Å². The molecule has 0 saturated heterocycles. The molecule has 0 aliphatic rings. The molecule has 0 saturated carbocycles. The molecule has 1 heterocycles. The van der Waals surface area contributed by atoms with E-state index in [-0.39, 0.29) is 11.1 Å². The number of nitrogens with two attached hydrogens (primary N) is 1. The van der Waals surface area contributed by atoms with Crippen LogP contribution in [0.15, 0.2) is 15.5 Å². The van der Waals surface area contributed by atoms with Crippen molar-refractivity contribution in [3.8, 4) is 0 Å². The van der Waals surface area contributed by atoms with E-state index in [4.69, 9.17) is 5.73 Å². The SMILES string of the molecule is CC(C)C(C)(CN)Nc1cnn(C)c(=O)c1Br. The topological polar surface area (TPSA) is 72.9 Å². The number of nitrogens with zero attached hydrogens (tertiary/aromatic N) is 2. The quantitative estimate of drug-likeness (QED) is 0.880. The second-order valence-corrected chi connectivity index (χ2v) is 5.50. The smallest absolute Gasteiger partial charge is 0.282 e. The van der Waals surface area contributed by atoms with Crippen LogP contribution in [-0.4, -0.2) is 21.9 Å². The first-order chi connectivity index (χ1) is 7.81. The fourth-order valence-electron chi connectivity index (χ4n) is 1.34. The van der Waals surface area contributed by atoms with Crippen molar-refractivity contribution in [2.24, 2.45) is 18.7 Å². The molecule has 1 rings (SSSR count). The highest BCUT2D eigenvalue weighted by molar-refractivity contribution is 9.10. The molecule has 3 N–H and O–H groups in total. The molecule has 5 nitrogen and oxygen atoms in total. The molecule has 1 atom stereocenters. The summed E-state index contributed by atoms with van der Waals surface area (Å²) in [6.45, 7) is 6.68. The average molecular weight is 303 g/mol. The van der Waals surface area contributed by atoms with Crippen LogP contribution in [0.4, 0.5) is 5.69 Å². The molecule has 17 heavy (non-hydrogen) atoms. The Morgan fingerprint density at radius 3 is 2.71 bits per heavy atom. The van der Waals surface area contributed by atoms with Gasteiger partial charge in [0.2, 0.25) is 0 Å². The first kappa shape index (κ1) is 14.2. The molecule has 96 valence electrons. The maximum absolute atomic E-state index is 11.7. The Morgan fingerprint density at radius 1 is 1.65 bits per heavy atom. The maximum atomic E-state index is 11.7. The predicted molar refractivity (Wildman–Crippen MR) is 73.1 cm³/mol. The minimum atomic E-state index is -0.267. The Bertz CT molecular complexity index is 457. The van der Waals surface area contributed by atoms with Gasteiger partial charge in [-0.1, -0.05) is 13.8 Å². The van der Waals surface area contributed by atoms with Crippen LogP contribution in [0.25, 0.3) is 0 Å². The van der Waals surface area contributed by atoms with Crippen LogP contribution >= 0.6 is 15.9 Å². The zero-order valence-corrected chi connectivity index (χ0v) is 12.2. The van der Waals surface area contributed by atoms with E-state index in [0.29, 0.717) is 22.6 Å². The van der Waals surface area contributed by atoms with E-state index in [0.717, 1.165) is 0 Å². The summed E-state index contributed by atoms with van der Waals surface area (Å²) in [6, 6.07) is 0. The zero-order chi connectivity index (χ0) is 13.2. The molecular formula is C11H19BrN4O. The first-order valence-corrected chi connectivity index (χ1v) is 6.31. The molecule has 0 bridgehead atoms. The number of aryl methyl sites for hydroxylation is 1. The predicted octanol–water partition coefficient (Wildman–Crippen LogP) is 1.33. The summed E-state index contributed by atoms with van der Waals surface area (Å²) in [5.74, 6) is 0.337. The van der Waals surface area contributed by atoms with Gasteiger partial charge in [0.05, 0.1) is 11.9 Å². The second-order valence-electron chi connectivity index (χ2n) is 4.70. The lowest BCUT2D eigenvalue weighted by atomic mass is 9.88. The molecule has 0 spiro atoms. The van der Waals surface area contributed by atoms with Gasteiger partial charge in [-0.3, -0.25) is 4.79 Å². The van der Waals surface area contributed by atoms with Crippen LogP contribution in [0.3, 0.4) is 0 Å². The van der Waals surface area contributed by atoms with Crippen molar-refractivity contribution < 1.29 is 0 Å². The summed E-state index contributed by atoms with van der Waals surface area (Å²) in [4.78, 5) is 11.7. The van der Waals surface area contributed by atoms with Gasteiger partial charge in [0.1, 0.15) is 4.47 Å². The molecular weight excluding hydrogens is 284 g/mol. The van der Waals surface area contributed by atoms with E-state index in [9.17, 15) is 4.79 Å². The Morgan fingerprint density at radius 2 is 2.24 bits per heavy atom. The lowest BCUT2D eigenvalue weighted by Crippen LogP contribution is -2.47. The second kappa shape index (κ2) is 5.18. The largest absolute Gasteiger partial charge is 0.376 e. The zero-order valence-electron chi connectivity index (χ0n) is 10.6. The van der Waals surface area contributed by atoms with Crippen molar-refractivity contribution in [2.75, 3.05) is 11.9 Å². The highest BCUT2D eigenvalue weighted by Gasteiger charge is 2.27. The molecule has 1 aromatic rings. The van der Waals surface area contributed by atoms with E-state index in [1.54, 1.807) is 13.2 Å². The number of rotatable bonds is 4. The van der Waals surface area contributed by atoms with Gasteiger partial charge in [-0.2, -0.15) is 5.10 Å². The van der Waals surface area contributed by atoms with Gasteiger partial charge in [0.25, 0.3) is 5.56 Å². The van der Waals surface area contributed by atoms with Gasteiger partial charge in [-0.15, -0.1) is 0 Å². The number of hydrogen-bond acceptors (Lipinski definition) is 4. The molecule has 0 radical (unpaired) electrons. The van der Waals surface area contributed by atoms with Crippen LogP contribution in [0, 0.1) is 5.92 Å². The van der Waals surface area contributed by atoms with Crippen LogP contribution in [-0.2, 0) is 7.05 Å². The number of halogens is 1. The molecule has 0 amide bonds. The minimum Gasteiger partial charge on any atom is -0.376 e. The monoisotopic (exact) mass is 302 g/mol. The Kier molecular flexibility index (Phi) is 4.32. The van der Waals surface area contributed by atoms with E-state index in [2.05, 4.69) is 40.2 Å². The van der Waals surface area contributed by atoms with E-state index < -0.39 is 0 Å². The van der Waals surface area contributed by atoms with Crippen LogP contribution in [0.5, 0.6) is 0 Å². The van der Waals surface area contributed by atoms with Crippen molar-refractivity contribution in [1.82, 2.24) is 9.78 Å². The number of nitrogens with one attached hydrogen (secondary N) is 1. The van der Waals surface area contributed by atoms with Gasteiger partial charge in [-0.05, 0) is 28.8 Å². The molecule has 0 aromatic carbocycles. The van der Waals surface area contributed by atoms with Gasteiger partial charge in [0, 0.05) is 19.1 Å². The van der Waals surface area contributed by atoms with Crippen molar-refractivity contribution in [2.45, 2.75) is 26.3 Å². The fraction of sp³-hybridized carbons (Fsp3) is 0.636. The summed E-state index contributed by atoms with van der Waals surface area (Å²) in [5, 5.41) is 7.28. The van der Waals surface area contributed by atoms with Crippen LogP contribution in [0.2, 0.25) is 0 Å². The number of aromatic nitrogens is 2. The summed E-state index contributed by atoms with van der Waals surface area (Å²) in [5.41, 5.74) is 6.03. The maximum Gasteiger partial charge on any atom is 0.282 e. The Balaban J connectivity index is 3.12. The average Bonchev–Trinajstić information content (AvgIpc) is 2.29. The van der Waals surface area contributed by atoms with Gasteiger partial charge >= 0.3 is 0 Å². The highest BCUT2D eigenvalue weighted by atomic mass is 79.9. The summed E-state index contributed by atoms with van der Waals surface area (Å²) in [6.07, 6.45) is 1.63.